The fourth-order valence-corrected chi connectivity index (χ4v) is 2.37. The second kappa shape index (κ2) is 6.12. The van der Waals surface area contributed by atoms with Crippen molar-refractivity contribution in [1.82, 2.24) is 0 Å². The van der Waals surface area contributed by atoms with Crippen LogP contribution in [-0.2, 0) is 15.3 Å². The Bertz CT molecular complexity index is 357. The summed E-state index contributed by atoms with van der Waals surface area (Å²) in [6, 6.07) is 4.50. The van der Waals surface area contributed by atoms with E-state index in [2.05, 4.69) is 20.7 Å². The molecule has 0 aliphatic carbocycles. The Labute approximate surface area is 100 Å². The highest BCUT2D eigenvalue weighted by Crippen LogP contribution is 2.22. The Balaban J connectivity index is 2.50. The molecule has 1 aromatic carbocycles. The highest BCUT2D eigenvalue weighted by atomic mass is 79.9. The number of rotatable bonds is 4. The number of esters is 1. The number of methoxy groups -OCH3 is 1. The first kappa shape index (κ1) is 12.5. The van der Waals surface area contributed by atoms with E-state index in [0.29, 0.717) is 5.75 Å². The minimum atomic E-state index is -0.271. The van der Waals surface area contributed by atoms with Gasteiger partial charge in [0.1, 0.15) is 5.82 Å². The Morgan fingerprint density at radius 2 is 2.33 bits per heavy atom. The average Bonchev–Trinajstić information content (AvgIpc) is 2.23. The van der Waals surface area contributed by atoms with Gasteiger partial charge in [0.2, 0.25) is 0 Å². The molecule has 5 heteroatoms. The van der Waals surface area contributed by atoms with Crippen LogP contribution in [0, 0.1) is 5.82 Å². The second-order valence-corrected chi connectivity index (χ2v) is 4.64. The van der Waals surface area contributed by atoms with Crippen LogP contribution < -0.4 is 0 Å². The van der Waals surface area contributed by atoms with Crippen molar-refractivity contribution in [2.45, 2.75) is 5.75 Å². The standard InChI is InChI=1S/C10H10BrFO2S/c1-14-10(13)6-15-5-7-4-8(12)2-3-9(7)11/h2-4H,5-6H2,1H3. The molecule has 15 heavy (non-hydrogen) atoms. The molecule has 0 aliphatic rings. The quantitative estimate of drug-likeness (QED) is 0.798. The topological polar surface area (TPSA) is 26.3 Å². The molecule has 0 spiro atoms. The van der Waals surface area contributed by atoms with Gasteiger partial charge in [-0.15, -0.1) is 11.8 Å². The van der Waals surface area contributed by atoms with Gasteiger partial charge in [-0.1, -0.05) is 15.9 Å². The highest BCUT2D eigenvalue weighted by molar-refractivity contribution is 9.10. The van der Waals surface area contributed by atoms with Gasteiger partial charge in [0.05, 0.1) is 12.9 Å². The van der Waals surface area contributed by atoms with Crippen LogP contribution in [0.5, 0.6) is 0 Å². The molecule has 0 aromatic heterocycles. The van der Waals surface area contributed by atoms with Crippen molar-refractivity contribution >= 4 is 33.7 Å². The van der Waals surface area contributed by atoms with Crippen molar-refractivity contribution in [2.24, 2.45) is 0 Å². The van der Waals surface area contributed by atoms with Gasteiger partial charge in [-0.25, -0.2) is 4.39 Å². The number of carbonyl (C=O) groups is 1. The van der Waals surface area contributed by atoms with E-state index in [1.165, 1.54) is 31.0 Å². The van der Waals surface area contributed by atoms with E-state index < -0.39 is 0 Å². The largest absolute Gasteiger partial charge is 0.468 e. The van der Waals surface area contributed by atoms with Crippen molar-refractivity contribution < 1.29 is 13.9 Å². The van der Waals surface area contributed by atoms with E-state index in [1.54, 1.807) is 6.07 Å². The maximum Gasteiger partial charge on any atom is 0.315 e. The maximum absolute atomic E-state index is 12.9. The molecule has 0 N–H and O–H groups in total. The SMILES string of the molecule is COC(=O)CSCc1cc(F)ccc1Br. The molecular weight excluding hydrogens is 283 g/mol. The van der Waals surface area contributed by atoms with Gasteiger partial charge in [-0.05, 0) is 23.8 Å². The maximum atomic E-state index is 12.9. The normalized spacial score (nSPS) is 10.1. The molecule has 0 atom stereocenters. The van der Waals surface area contributed by atoms with Crippen molar-refractivity contribution in [3.05, 3.63) is 34.1 Å². The fourth-order valence-electron chi connectivity index (χ4n) is 0.957. The lowest BCUT2D eigenvalue weighted by Gasteiger charge is -2.03. The number of benzene rings is 1. The predicted molar refractivity (Wildman–Crippen MR) is 62.3 cm³/mol. The molecule has 0 unspecified atom stereocenters. The van der Waals surface area contributed by atoms with Crippen LogP contribution in [0.1, 0.15) is 5.56 Å². The van der Waals surface area contributed by atoms with Crippen LogP contribution in [0.3, 0.4) is 0 Å². The first-order chi connectivity index (χ1) is 7.13. The van der Waals surface area contributed by atoms with Gasteiger partial charge in [0.15, 0.2) is 0 Å². The molecule has 1 aromatic rings. The summed E-state index contributed by atoms with van der Waals surface area (Å²) < 4.78 is 18.2. The molecule has 2 nitrogen and oxygen atoms in total. The Hall–Kier alpha value is -0.550. The summed E-state index contributed by atoms with van der Waals surface area (Å²) in [5, 5.41) is 0. The van der Waals surface area contributed by atoms with Gasteiger partial charge < -0.3 is 4.74 Å². The number of carbonyl (C=O) groups excluding carboxylic acids is 1. The lowest BCUT2D eigenvalue weighted by molar-refractivity contribution is -0.137. The monoisotopic (exact) mass is 292 g/mol. The lowest BCUT2D eigenvalue weighted by atomic mass is 10.2. The van der Waals surface area contributed by atoms with Gasteiger partial charge in [-0.2, -0.15) is 0 Å². The number of thioether (sulfide) groups is 1. The van der Waals surface area contributed by atoms with Crippen LogP contribution in [0.4, 0.5) is 4.39 Å². The summed E-state index contributed by atoms with van der Waals surface area (Å²) in [6.45, 7) is 0. The number of hydrogen-bond acceptors (Lipinski definition) is 3. The first-order valence-electron chi connectivity index (χ1n) is 4.22. The average molecular weight is 293 g/mol. The molecule has 0 heterocycles. The van der Waals surface area contributed by atoms with Gasteiger partial charge in [-0.3, -0.25) is 4.79 Å². The van der Waals surface area contributed by atoms with Crippen molar-refractivity contribution in [2.75, 3.05) is 12.9 Å². The molecule has 0 amide bonds. The Kier molecular flexibility index (Phi) is 5.11. The van der Waals surface area contributed by atoms with E-state index in [0.717, 1.165) is 10.0 Å². The van der Waals surface area contributed by atoms with E-state index in [4.69, 9.17) is 0 Å². The Morgan fingerprint density at radius 3 is 3.00 bits per heavy atom. The lowest BCUT2D eigenvalue weighted by Crippen LogP contribution is -2.03. The van der Waals surface area contributed by atoms with Gasteiger partial charge in [0, 0.05) is 10.2 Å². The minimum Gasteiger partial charge on any atom is -0.468 e. The van der Waals surface area contributed by atoms with Crippen molar-refractivity contribution in [3.63, 3.8) is 0 Å². The number of halogens is 2. The molecule has 0 aliphatic heterocycles. The third-order valence-corrected chi connectivity index (χ3v) is 3.44. The third kappa shape index (κ3) is 4.22. The summed E-state index contributed by atoms with van der Waals surface area (Å²) in [5.41, 5.74) is 0.837. The van der Waals surface area contributed by atoms with Crippen LogP contribution in [-0.4, -0.2) is 18.8 Å². The molecule has 0 fully saturated rings. The van der Waals surface area contributed by atoms with Crippen molar-refractivity contribution in [3.8, 4) is 0 Å². The fraction of sp³-hybridized carbons (Fsp3) is 0.300. The van der Waals surface area contributed by atoms with E-state index >= 15 is 0 Å². The van der Waals surface area contributed by atoms with Crippen LogP contribution in [0.25, 0.3) is 0 Å². The zero-order valence-corrected chi connectivity index (χ0v) is 10.5. The summed E-state index contributed by atoms with van der Waals surface area (Å²) in [4.78, 5) is 10.8. The second-order valence-electron chi connectivity index (χ2n) is 2.80. The zero-order chi connectivity index (χ0) is 11.3. The summed E-state index contributed by atoms with van der Waals surface area (Å²) in [5.74, 6) is 0.312. The third-order valence-electron chi connectivity index (χ3n) is 1.71. The molecule has 0 saturated heterocycles. The van der Waals surface area contributed by atoms with E-state index in [1.807, 2.05) is 0 Å². The zero-order valence-electron chi connectivity index (χ0n) is 8.13. The predicted octanol–water partition coefficient (Wildman–Crippen LogP) is 2.99. The highest BCUT2D eigenvalue weighted by Gasteiger charge is 2.04. The van der Waals surface area contributed by atoms with E-state index in [9.17, 15) is 9.18 Å². The minimum absolute atomic E-state index is 0.271. The summed E-state index contributed by atoms with van der Waals surface area (Å²) in [7, 11) is 1.35. The first-order valence-corrected chi connectivity index (χ1v) is 6.16. The molecule has 0 saturated carbocycles. The smallest absolute Gasteiger partial charge is 0.315 e. The van der Waals surface area contributed by atoms with Gasteiger partial charge >= 0.3 is 5.97 Å². The van der Waals surface area contributed by atoms with E-state index in [-0.39, 0.29) is 17.5 Å². The number of ether oxygens (including phenoxy) is 1. The van der Waals surface area contributed by atoms with Crippen LogP contribution >= 0.6 is 27.7 Å². The summed E-state index contributed by atoms with van der Waals surface area (Å²) in [6.07, 6.45) is 0. The molecule has 0 bridgehead atoms. The number of hydrogen-bond donors (Lipinski definition) is 0. The molecular formula is C10H10BrFO2S. The molecule has 0 radical (unpaired) electrons. The molecule has 1 rings (SSSR count). The van der Waals surface area contributed by atoms with Crippen molar-refractivity contribution in [1.29, 1.82) is 0 Å². The van der Waals surface area contributed by atoms with Gasteiger partial charge in [0.25, 0.3) is 0 Å². The van der Waals surface area contributed by atoms with Crippen LogP contribution in [0.2, 0.25) is 0 Å². The Morgan fingerprint density at radius 1 is 1.60 bits per heavy atom. The summed E-state index contributed by atoms with van der Waals surface area (Å²) >= 11 is 4.71. The van der Waals surface area contributed by atoms with Crippen LogP contribution in [0.15, 0.2) is 22.7 Å². The molecule has 82 valence electrons.